The molecule has 1 aromatic rings. The van der Waals surface area contributed by atoms with Crippen LogP contribution in [0.2, 0.25) is 0 Å². The van der Waals surface area contributed by atoms with E-state index < -0.39 is 0 Å². The van der Waals surface area contributed by atoms with Crippen LogP contribution in [0, 0.1) is 27.7 Å². The predicted molar refractivity (Wildman–Crippen MR) is 70.4 cm³/mol. The Morgan fingerprint density at radius 1 is 1.00 bits per heavy atom. The van der Waals surface area contributed by atoms with Gasteiger partial charge in [-0.1, -0.05) is 6.92 Å². The molecule has 0 heterocycles. The van der Waals surface area contributed by atoms with Gasteiger partial charge in [-0.15, -0.1) is 0 Å². The molecule has 0 N–H and O–H groups in total. The minimum absolute atomic E-state index is 0.0844. The van der Waals surface area contributed by atoms with Crippen molar-refractivity contribution in [3.05, 3.63) is 28.3 Å². The van der Waals surface area contributed by atoms with E-state index in [4.69, 9.17) is 4.74 Å². The zero-order valence-electron chi connectivity index (χ0n) is 11.7. The second-order valence-corrected chi connectivity index (χ2v) is 5.28. The maximum absolute atomic E-state index is 6.10. The molecule has 16 heavy (non-hydrogen) atoms. The largest absolute Gasteiger partial charge is 0.488 e. The maximum atomic E-state index is 6.10. The first-order valence-corrected chi connectivity index (χ1v) is 6.05. The van der Waals surface area contributed by atoms with Crippen molar-refractivity contribution in [3.63, 3.8) is 0 Å². The molecule has 0 bridgehead atoms. The van der Waals surface area contributed by atoms with Crippen LogP contribution >= 0.6 is 0 Å². The van der Waals surface area contributed by atoms with E-state index >= 15 is 0 Å². The summed E-state index contributed by atoms with van der Waals surface area (Å²) >= 11 is 0. The number of rotatable bonds is 3. The van der Waals surface area contributed by atoms with Gasteiger partial charge in [-0.05, 0) is 76.3 Å². The van der Waals surface area contributed by atoms with Crippen LogP contribution in [0.4, 0.5) is 0 Å². The normalized spacial score (nSPS) is 11.7. The molecule has 0 unspecified atom stereocenters. The van der Waals surface area contributed by atoms with Crippen molar-refractivity contribution >= 4 is 0 Å². The van der Waals surface area contributed by atoms with Gasteiger partial charge in [0.05, 0.1) is 0 Å². The lowest BCUT2D eigenvalue weighted by atomic mass is 9.98. The summed E-state index contributed by atoms with van der Waals surface area (Å²) in [5, 5.41) is 0. The first kappa shape index (κ1) is 13.1. The lowest BCUT2D eigenvalue weighted by molar-refractivity contribution is 0.104. The van der Waals surface area contributed by atoms with Crippen molar-refractivity contribution in [2.75, 3.05) is 0 Å². The molecule has 1 heteroatoms. The Morgan fingerprint density at radius 3 is 2.06 bits per heavy atom. The van der Waals surface area contributed by atoms with Gasteiger partial charge in [0.25, 0.3) is 0 Å². The van der Waals surface area contributed by atoms with E-state index in [1.807, 2.05) is 0 Å². The van der Waals surface area contributed by atoms with E-state index in [0.717, 1.165) is 12.2 Å². The van der Waals surface area contributed by atoms with Crippen LogP contribution < -0.4 is 4.74 Å². The molecule has 0 radical (unpaired) electrons. The molecule has 0 aliphatic rings. The molecule has 0 spiro atoms. The molecular formula is C15H24O. The van der Waals surface area contributed by atoms with Gasteiger partial charge in [-0.25, -0.2) is 0 Å². The summed E-state index contributed by atoms with van der Waals surface area (Å²) < 4.78 is 6.10. The second kappa shape index (κ2) is 4.48. The van der Waals surface area contributed by atoms with E-state index in [9.17, 15) is 0 Å². The Bertz CT molecular complexity index is 389. The van der Waals surface area contributed by atoms with E-state index in [-0.39, 0.29) is 5.60 Å². The van der Waals surface area contributed by atoms with Gasteiger partial charge in [0, 0.05) is 0 Å². The zero-order chi connectivity index (χ0) is 12.5. The van der Waals surface area contributed by atoms with Gasteiger partial charge in [-0.2, -0.15) is 0 Å². The topological polar surface area (TPSA) is 9.23 Å². The highest BCUT2D eigenvalue weighted by atomic mass is 16.5. The predicted octanol–water partition coefficient (Wildman–Crippen LogP) is 4.49. The number of hydrogen-bond acceptors (Lipinski definition) is 1. The van der Waals surface area contributed by atoms with E-state index in [1.165, 1.54) is 22.3 Å². The minimum atomic E-state index is -0.0844. The quantitative estimate of drug-likeness (QED) is 0.729. The third kappa shape index (κ3) is 2.58. The highest BCUT2D eigenvalue weighted by Gasteiger charge is 2.19. The summed E-state index contributed by atoms with van der Waals surface area (Å²) in [5.41, 5.74) is 5.22. The van der Waals surface area contributed by atoms with Crippen LogP contribution in [0.1, 0.15) is 49.4 Å². The summed E-state index contributed by atoms with van der Waals surface area (Å²) in [6, 6.07) is 2.16. The number of benzene rings is 1. The van der Waals surface area contributed by atoms with Gasteiger partial charge >= 0.3 is 0 Å². The van der Waals surface area contributed by atoms with E-state index in [0.29, 0.717) is 0 Å². The summed E-state index contributed by atoms with van der Waals surface area (Å²) in [6.07, 6.45) is 1.01. The molecule has 0 aliphatic heterocycles. The van der Waals surface area contributed by atoms with Crippen molar-refractivity contribution in [3.8, 4) is 5.75 Å². The standard InChI is InChI=1S/C15H24O/c1-8-15(6,7)16-14-9-10(2)11(3)12(4)13(14)5/h9H,8H2,1-7H3. The average molecular weight is 220 g/mol. The number of aryl methyl sites for hydroxylation is 1. The molecule has 1 aromatic carbocycles. The van der Waals surface area contributed by atoms with E-state index in [1.54, 1.807) is 0 Å². The Labute approximate surface area is 99.8 Å². The lowest BCUT2D eigenvalue weighted by Crippen LogP contribution is -2.27. The van der Waals surface area contributed by atoms with Crippen molar-refractivity contribution in [1.29, 1.82) is 0 Å². The summed E-state index contributed by atoms with van der Waals surface area (Å²) in [6.45, 7) is 15.1. The van der Waals surface area contributed by atoms with Crippen LogP contribution in [0.3, 0.4) is 0 Å². The fourth-order valence-corrected chi connectivity index (χ4v) is 1.65. The molecule has 90 valence electrons. The fraction of sp³-hybridized carbons (Fsp3) is 0.600. The molecule has 0 aromatic heterocycles. The Balaban J connectivity index is 3.16. The van der Waals surface area contributed by atoms with Crippen LogP contribution in [-0.2, 0) is 0 Å². The first-order valence-electron chi connectivity index (χ1n) is 6.05. The highest BCUT2D eigenvalue weighted by molar-refractivity contribution is 5.47. The summed E-state index contributed by atoms with van der Waals surface area (Å²) in [7, 11) is 0. The third-order valence-electron chi connectivity index (χ3n) is 3.67. The number of ether oxygens (including phenoxy) is 1. The molecule has 1 nitrogen and oxygen atoms in total. The van der Waals surface area contributed by atoms with E-state index in [2.05, 4.69) is 54.5 Å². The SMILES string of the molecule is CCC(C)(C)Oc1cc(C)c(C)c(C)c1C. The zero-order valence-corrected chi connectivity index (χ0v) is 11.7. The number of hydrogen-bond donors (Lipinski definition) is 0. The summed E-state index contributed by atoms with van der Waals surface area (Å²) in [5.74, 6) is 1.03. The molecule has 0 aliphatic carbocycles. The van der Waals surface area contributed by atoms with Crippen LogP contribution in [0.15, 0.2) is 6.07 Å². The second-order valence-electron chi connectivity index (χ2n) is 5.28. The average Bonchev–Trinajstić information content (AvgIpc) is 2.22. The maximum Gasteiger partial charge on any atom is 0.123 e. The van der Waals surface area contributed by atoms with Crippen molar-refractivity contribution in [1.82, 2.24) is 0 Å². The van der Waals surface area contributed by atoms with Gasteiger partial charge in [0.2, 0.25) is 0 Å². The van der Waals surface area contributed by atoms with Crippen LogP contribution in [0.25, 0.3) is 0 Å². The molecule has 0 saturated carbocycles. The van der Waals surface area contributed by atoms with Gasteiger partial charge in [0.15, 0.2) is 0 Å². The van der Waals surface area contributed by atoms with Crippen molar-refractivity contribution < 1.29 is 4.74 Å². The van der Waals surface area contributed by atoms with Crippen LogP contribution in [-0.4, -0.2) is 5.60 Å². The minimum Gasteiger partial charge on any atom is -0.488 e. The Kier molecular flexibility index (Phi) is 3.67. The van der Waals surface area contributed by atoms with Gasteiger partial charge in [0.1, 0.15) is 11.4 Å². The molecular weight excluding hydrogens is 196 g/mol. The third-order valence-corrected chi connectivity index (χ3v) is 3.67. The smallest absolute Gasteiger partial charge is 0.123 e. The Hall–Kier alpha value is -0.980. The summed E-state index contributed by atoms with van der Waals surface area (Å²) in [4.78, 5) is 0. The molecule has 0 saturated heterocycles. The van der Waals surface area contributed by atoms with Gasteiger partial charge in [-0.3, -0.25) is 0 Å². The van der Waals surface area contributed by atoms with Crippen LogP contribution in [0.5, 0.6) is 5.75 Å². The fourth-order valence-electron chi connectivity index (χ4n) is 1.65. The highest BCUT2D eigenvalue weighted by Crippen LogP contribution is 2.30. The molecule has 0 atom stereocenters. The van der Waals surface area contributed by atoms with Gasteiger partial charge < -0.3 is 4.74 Å². The Morgan fingerprint density at radius 2 is 1.56 bits per heavy atom. The first-order chi connectivity index (χ1) is 7.28. The molecule has 0 fully saturated rings. The monoisotopic (exact) mass is 220 g/mol. The lowest BCUT2D eigenvalue weighted by Gasteiger charge is -2.27. The van der Waals surface area contributed by atoms with Crippen molar-refractivity contribution in [2.24, 2.45) is 0 Å². The molecule has 1 rings (SSSR count). The molecule has 0 amide bonds. The van der Waals surface area contributed by atoms with Crippen molar-refractivity contribution in [2.45, 2.75) is 60.5 Å².